The van der Waals surface area contributed by atoms with Gasteiger partial charge in [-0.05, 0) is 50.2 Å². The zero-order chi connectivity index (χ0) is 16.4. The maximum absolute atomic E-state index is 13.2. The van der Waals surface area contributed by atoms with E-state index in [0.29, 0.717) is 0 Å². The molecule has 1 atom stereocenters. The lowest BCUT2D eigenvalue weighted by Gasteiger charge is -2.34. The van der Waals surface area contributed by atoms with Crippen LogP contribution in [0.25, 0.3) is 0 Å². The van der Waals surface area contributed by atoms with Crippen molar-refractivity contribution in [2.24, 2.45) is 5.92 Å². The first kappa shape index (κ1) is 16.0. The zero-order valence-electron chi connectivity index (χ0n) is 14.1. The molecule has 0 spiro atoms. The van der Waals surface area contributed by atoms with E-state index in [9.17, 15) is 9.59 Å². The van der Waals surface area contributed by atoms with Crippen LogP contribution >= 0.6 is 0 Å². The van der Waals surface area contributed by atoms with Gasteiger partial charge in [-0.15, -0.1) is 0 Å². The number of hydrogen-bond donors (Lipinski definition) is 1. The lowest BCUT2D eigenvalue weighted by atomic mass is 9.94. The molecule has 3 rings (SSSR count). The molecule has 1 aromatic rings. The Labute approximate surface area is 138 Å². The molecule has 1 aliphatic carbocycles. The molecule has 1 unspecified atom stereocenters. The van der Waals surface area contributed by atoms with E-state index >= 15 is 0 Å². The molecule has 1 heterocycles. The molecule has 0 bridgehead atoms. The van der Waals surface area contributed by atoms with E-state index in [2.05, 4.69) is 30.4 Å². The molecule has 23 heavy (non-hydrogen) atoms. The highest BCUT2D eigenvalue weighted by atomic mass is 16.2. The molecule has 1 saturated carbocycles. The second-order valence-electron chi connectivity index (χ2n) is 6.95. The first-order chi connectivity index (χ1) is 11.1. The highest BCUT2D eigenvalue weighted by molar-refractivity contribution is 6.00. The van der Waals surface area contributed by atoms with E-state index in [1.807, 2.05) is 4.90 Å². The minimum absolute atomic E-state index is 0.0666. The molecule has 1 N–H and O–H groups in total. The van der Waals surface area contributed by atoms with Crippen LogP contribution in [0, 0.1) is 12.8 Å². The Balaban J connectivity index is 1.87. The highest BCUT2D eigenvalue weighted by Crippen LogP contribution is 2.32. The maximum Gasteiger partial charge on any atom is 0.249 e. The molecule has 0 aromatic heterocycles. The molecule has 1 aromatic carbocycles. The SMILES string of the molecule is CC(=O)NC(C(=O)N1CCCc2cc(C)ccc21)C1CCCC1. The normalized spacial score (nSPS) is 19.3. The van der Waals surface area contributed by atoms with Gasteiger partial charge in [0.05, 0.1) is 0 Å². The molecule has 1 aliphatic heterocycles. The molecule has 0 saturated heterocycles. The molecule has 2 aliphatic rings. The van der Waals surface area contributed by atoms with Gasteiger partial charge in [0.25, 0.3) is 0 Å². The van der Waals surface area contributed by atoms with Crippen molar-refractivity contribution in [3.63, 3.8) is 0 Å². The number of hydrogen-bond acceptors (Lipinski definition) is 2. The predicted octanol–water partition coefficient (Wildman–Crippen LogP) is 2.97. The monoisotopic (exact) mass is 314 g/mol. The first-order valence-electron chi connectivity index (χ1n) is 8.74. The van der Waals surface area contributed by atoms with Crippen LogP contribution in [-0.4, -0.2) is 24.4 Å². The summed E-state index contributed by atoms with van der Waals surface area (Å²) in [5, 5.41) is 2.93. The Morgan fingerprint density at radius 3 is 2.65 bits per heavy atom. The molecule has 4 heteroatoms. The Morgan fingerprint density at radius 1 is 1.22 bits per heavy atom. The lowest BCUT2D eigenvalue weighted by Crippen LogP contribution is -2.52. The second-order valence-corrected chi connectivity index (χ2v) is 6.95. The number of carbonyl (C=O) groups excluding carboxylic acids is 2. The molecule has 124 valence electrons. The number of amides is 2. The van der Waals surface area contributed by atoms with Crippen LogP contribution in [0.5, 0.6) is 0 Å². The van der Waals surface area contributed by atoms with Crippen LogP contribution in [0.3, 0.4) is 0 Å². The summed E-state index contributed by atoms with van der Waals surface area (Å²) in [6, 6.07) is 5.93. The van der Waals surface area contributed by atoms with Gasteiger partial charge < -0.3 is 10.2 Å². The van der Waals surface area contributed by atoms with Crippen molar-refractivity contribution in [3.8, 4) is 0 Å². The number of aryl methyl sites for hydroxylation is 2. The van der Waals surface area contributed by atoms with Crippen LogP contribution in [0.2, 0.25) is 0 Å². The first-order valence-corrected chi connectivity index (χ1v) is 8.74. The third-order valence-electron chi connectivity index (χ3n) is 5.12. The van der Waals surface area contributed by atoms with Gasteiger partial charge in [-0.25, -0.2) is 0 Å². The minimum Gasteiger partial charge on any atom is -0.344 e. The Morgan fingerprint density at radius 2 is 1.96 bits per heavy atom. The third kappa shape index (κ3) is 3.41. The molecular formula is C19H26N2O2. The number of rotatable bonds is 3. The summed E-state index contributed by atoms with van der Waals surface area (Å²) in [5.74, 6) is 0.232. The largest absolute Gasteiger partial charge is 0.344 e. The fraction of sp³-hybridized carbons (Fsp3) is 0.579. The summed E-state index contributed by atoms with van der Waals surface area (Å²) in [4.78, 5) is 26.7. The standard InChI is InChI=1S/C19H26N2O2/c1-13-9-10-17-16(12-13)8-5-11-21(17)19(23)18(20-14(2)22)15-6-3-4-7-15/h9-10,12,15,18H,3-8,11H2,1-2H3,(H,20,22). The Bertz CT molecular complexity index is 605. The van der Waals surface area contributed by atoms with Crippen LogP contribution in [0.4, 0.5) is 5.69 Å². The number of nitrogens with zero attached hydrogens (tertiary/aromatic N) is 1. The Hall–Kier alpha value is -1.84. The van der Waals surface area contributed by atoms with Crippen LogP contribution in [0.1, 0.15) is 50.2 Å². The van der Waals surface area contributed by atoms with Crippen molar-refractivity contribution in [2.75, 3.05) is 11.4 Å². The predicted molar refractivity (Wildman–Crippen MR) is 91.4 cm³/mol. The number of benzene rings is 1. The average molecular weight is 314 g/mol. The third-order valence-corrected chi connectivity index (χ3v) is 5.12. The number of fused-ring (bicyclic) bond motifs is 1. The quantitative estimate of drug-likeness (QED) is 0.932. The van der Waals surface area contributed by atoms with E-state index < -0.39 is 0 Å². The second kappa shape index (κ2) is 6.73. The van der Waals surface area contributed by atoms with Crippen molar-refractivity contribution in [1.29, 1.82) is 0 Å². The van der Waals surface area contributed by atoms with E-state index in [0.717, 1.165) is 50.8 Å². The smallest absolute Gasteiger partial charge is 0.249 e. The highest BCUT2D eigenvalue weighted by Gasteiger charge is 2.35. The van der Waals surface area contributed by atoms with Gasteiger partial charge in [0.15, 0.2) is 0 Å². The average Bonchev–Trinajstić information content (AvgIpc) is 3.05. The number of anilines is 1. The molecular weight excluding hydrogens is 288 g/mol. The van der Waals surface area contributed by atoms with E-state index in [-0.39, 0.29) is 23.8 Å². The van der Waals surface area contributed by atoms with E-state index in [1.165, 1.54) is 18.1 Å². The topological polar surface area (TPSA) is 49.4 Å². The molecule has 1 fully saturated rings. The molecule has 0 radical (unpaired) electrons. The van der Waals surface area contributed by atoms with Gasteiger partial charge in [0.2, 0.25) is 11.8 Å². The van der Waals surface area contributed by atoms with Crippen molar-refractivity contribution in [1.82, 2.24) is 5.32 Å². The Kier molecular flexibility index (Phi) is 4.69. The zero-order valence-corrected chi connectivity index (χ0v) is 14.1. The van der Waals surface area contributed by atoms with Crippen molar-refractivity contribution in [3.05, 3.63) is 29.3 Å². The van der Waals surface area contributed by atoms with Gasteiger partial charge in [0.1, 0.15) is 6.04 Å². The van der Waals surface area contributed by atoms with Crippen LogP contribution in [0.15, 0.2) is 18.2 Å². The summed E-state index contributed by atoms with van der Waals surface area (Å²) in [6.45, 7) is 4.33. The summed E-state index contributed by atoms with van der Waals surface area (Å²) in [6.07, 6.45) is 6.39. The van der Waals surface area contributed by atoms with Crippen molar-refractivity contribution < 1.29 is 9.59 Å². The maximum atomic E-state index is 13.2. The summed E-state index contributed by atoms with van der Waals surface area (Å²) in [7, 11) is 0. The van der Waals surface area contributed by atoms with Crippen molar-refractivity contribution >= 4 is 17.5 Å². The minimum atomic E-state index is -0.373. The van der Waals surface area contributed by atoms with Gasteiger partial charge in [-0.2, -0.15) is 0 Å². The fourth-order valence-electron chi connectivity index (χ4n) is 4.01. The lowest BCUT2D eigenvalue weighted by molar-refractivity contribution is -0.127. The van der Waals surface area contributed by atoms with Gasteiger partial charge >= 0.3 is 0 Å². The number of nitrogens with one attached hydrogen (secondary N) is 1. The summed E-state index contributed by atoms with van der Waals surface area (Å²) < 4.78 is 0. The van der Waals surface area contributed by atoms with Crippen LogP contribution in [-0.2, 0) is 16.0 Å². The van der Waals surface area contributed by atoms with E-state index in [1.54, 1.807) is 0 Å². The van der Waals surface area contributed by atoms with Gasteiger partial charge in [-0.3, -0.25) is 9.59 Å². The van der Waals surface area contributed by atoms with Crippen LogP contribution < -0.4 is 10.2 Å². The molecule has 2 amide bonds. The summed E-state index contributed by atoms with van der Waals surface area (Å²) in [5.41, 5.74) is 3.50. The van der Waals surface area contributed by atoms with Gasteiger partial charge in [-0.1, -0.05) is 30.5 Å². The number of carbonyl (C=O) groups is 2. The fourth-order valence-corrected chi connectivity index (χ4v) is 4.01. The van der Waals surface area contributed by atoms with E-state index in [4.69, 9.17) is 0 Å². The van der Waals surface area contributed by atoms with Gasteiger partial charge in [0, 0.05) is 19.2 Å². The molecule has 4 nitrogen and oxygen atoms in total. The summed E-state index contributed by atoms with van der Waals surface area (Å²) >= 11 is 0. The van der Waals surface area contributed by atoms with Crippen molar-refractivity contribution in [2.45, 2.75) is 58.4 Å².